The zero-order valence-electron chi connectivity index (χ0n) is 14.5. The number of anilines is 1. The zero-order chi connectivity index (χ0) is 17.9. The summed E-state index contributed by atoms with van der Waals surface area (Å²) in [4.78, 5) is 16.7. The number of nitrogens with zero attached hydrogens (tertiary/aromatic N) is 3. The van der Waals surface area contributed by atoms with Crippen molar-refractivity contribution in [1.29, 1.82) is 0 Å². The molecule has 0 aliphatic carbocycles. The Bertz CT molecular complexity index is 878. The van der Waals surface area contributed by atoms with Gasteiger partial charge in [0, 0.05) is 30.3 Å². The molecule has 2 aromatic heterocycles. The molecule has 0 saturated carbocycles. The summed E-state index contributed by atoms with van der Waals surface area (Å²) in [6.45, 7) is 3.12. The molecule has 7 heteroatoms. The van der Waals surface area contributed by atoms with E-state index in [9.17, 15) is 4.79 Å². The first-order valence-electron chi connectivity index (χ1n) is 8.66. The van der Waals surface area contributed by atoms with Crippen LogP contribution >= 0.6 is 0 Å². The Morgan fingerprint density at radius 1 is 1.35 bits per heavy atom. The van der Waals surface area contributed by atoms with Crippen LogP contribution in [0.3, 0.4) is 0 Å². The van der Waals surface area contributed by atoms with Crippen molar-refractivity contribution in [2.24, 2.45) is 0 Å². The van der Waals surface area contributed by atoms with E-state index in [2.05, 4.69) is 15.4 Å². The number of amides is 1. The lowest BCUT2D eigenvalue weighted by atomic mass is 10.2. The number of oxazole rings is 1. The van der Waals surface area contributed by atoms with Gasteiger partial charge in [0.2, 0.25) is 5.89 Å². The molecule has 4 rings (SSSR count). The highest BCUT2D eigenvalue weighted by atomic mass is 16.5. The summed E-state index contributed by atoms with van der Waals surface area (Å²) in [5, 5.41) is 7.07. The van der Waals surface area contributed by atoms with Gasteiger partial charge in [-0.25, -0.2) is 4.98 Å². The number of hydrogen-bond donors (Lipinski definition) is 1. The summed E-state index contributed by atoms with van der Waals surface area (Å²) in [6.07, 6.45) is 4.99. The minimum Gasteiger partial charge on any atom is -0.441 e. The number of aromatic nitrogens is 3. The van der Waals surface area contributed by atoms with Crippen LogP contribution in [0.4, 0.5) is 5.69 Å². The van der Waals surface area contributed by atoms with Crippen molar-refractivity contribution in [3.8, 4) is 11.5 Å². The largest absolute Gasteiger partial charge is 0.441 e. The maximum Gasteiger partial charge on any atom is 0.253 e. The van der Waals surface area contributed by atoms with Gasteiger partial charge in [0.15, 0.2) is 0 Å². The molecule has 1 N–H and O–H groups in total. The molecule has 1 aromatic carbocycles. The van der Waals surface area contributed by atoms with E-state index in [1.165, 1.54) is 0 Å². The maximum atomic E-state index is 12.1. The van der Waals surface area contributed by atoms with Gasteiger partial charge in [0.25, 0.3) is 5.91 Å². The molecule has 1 aliphatic heterocycles. The minimum atomic E-state index is -0.339. The van der Waals surface area contributed by atoms with Gasteiger partial charge in [-0.05, 0) is 50.1 Å². The molecular weight excluding hydrogens is 332 g/mol. The summed E-state index contributed by atoms with van der Waals surface area (Å²) in [6, 6.07) is 9.33. The quantitative estimate of drug-likeness (QED) is 0.763. The van der Waals surface area contributed by atoms with Crippen molar-refractivity contribution in [2.75, 3.05) is 11.9 Å². The lowest BCUT2D eigenvalue weighted by Crippen LogP contribution is -2.26. The Morgan fingerprint density at radius 2 is 2.19 bits per heavy atom. The van der Waals surface area contributed by atoms with Crippen molar-refractivity contribution >= 4 is 11.6 Å². The summed E-state index contributed by atoms with van der Waals surface area (Å²) in [7, 11) is 0. The average Bonchev–Trinajstić information content (AvgIpc) is 3.39. The van der Waals surface area contributed by atoms with E-state index in [-0.39, 0.29) is 12.0 Å². The Labute approximate surface area is 151 Å². The fraction of sp³-hybridized carbons (Fsp3) is 0.316. The van der Waals surface area contributed by atoms with Gasteiger partial charge < -0.3 is 14.5 Å². The van der Waals surface area contributed by atoms with E-state index >= 15 is 0 Å². The van der Waals surface area contributed by atoms with Crippen molar-refractivity contribution < 1.29 is 13.9 Å². The third-order valence-electron chi connectivity index (χ3n) is 4.39. The van der Waals surface area contributed by atoms with E-state index in [4.69, 9.17) is 9.15 Å². The number of ether oxygens (including phenoxy) is 1. The number of rotatable bonds is 5. The van der Waals surface area contributed by atoms with Crippen molar-refractivity contribution in [3.63, 3.8) is 0 Å². The number of aryl methyl sites for hydroxylation is 1. The van der Waals surface area contributed by atoms with Gasteiger partial charge in [-0.3, -0.25) is 9.48 Å². The fourth-order valence-corrected chi connectivity index (χ4v) is 2.95. The standard InChI is InChI=1S/C19H20N4O3/c1-13-16(12-23-10-3-9-20-23)22-19(26-13)14-5-7-15(8-6-14)21-18(24)17-4-2-11-25-17/h3,5-10,17H,2,4,11-12H2,1H3,(H,21,24). The van der Waals surface area contributed by atoms with Crippen LogP contribution in [-0.2, 0) is 16.1 Å². The summed E-state index contributed by atoms with van der Waals surface area (Å²) < 4.78 is 13.0. The van der Waals surface area contributed by atoms with Crippen LogP contribution in [-0.4, -0.2) is 33.4 Å². The zero-order valence-corrected chi connectivity index (χ0v) is 14.5. The van der Waals surface area contributed by atoms with Gasteiger partial charge >= 0.3 is 0 Å². The van der Waals surface area contributed by atoms with E-state index in [0.717, 1.165) is 35.5 Å². The molecule has 1 fully saturated rings. The summed E-state index contributed by atoms with van der Waals surface area (Å²) in [5.41, 5.74) is 2.43. The van der Waals surface area contributed by atoms with E-state index in [1.54, 1.807) is 10.9 Å². The van der Waals surface area contributed by atoms with Crippen molar-refractivity contribution in [1.82, 2.24) is 14.8 Å². The molecule has 1 aliphatic rings. The maximum absolute atomic E-state index is 12.1. The topological polar surface area (TPSA) is 82.2 Å². The van der Waals surface area contributed by atoms with Gasteiger partial charge in [-0.2, -0.15) is 5.10 Å². The molecule has 7 nitrogen and oxygen atoms in total. The Morgan fingerprint density at radius 3 is 2.88 bits per heavy atom. The number of nitrogens with one attached hydrogen (secondary N) is 1. The molecule has 1 atom stereocenters. The van der Waals surface area contributed by atoms with E-state index in [0.29, 0.717) is 19.0 Å². The highest BCUT2D eigenvalue weighted by Gasteiger charge is 2.23. The second-order valence-electron chi connectivity index (χ2n) is 6.29. The number of carbonyl (C=O) groups is 1. The van der Waals surface area contributed by atoms with Crippen LogP contribution in [0.2, 0.25) is 0 Å². The minimum absolute atomic E-state index is 0.0938. The second kappa shape index (κ2) is 7.13. The molecule has 0 radical (unpaired) electrons. The van der Waals surface area contributed by atoms with E-state index in [1.807, 2.05) is 43.5 Å². The van der Waals surface area contributed by atoms with Crippen LogP contribution < -0.4 is 5.32 Å². The first-order valence-corrected chi connectivity index (χ1v) is 8.66. The number of hydrogen-bond acceptors (Lipinski definition) is 5. The van der Waals surface area contributed by atoms with Crippen LogP contribution in [0.5, 0.6) is 0 Å². The molecule has 1 unspecified atom stereocenters. The Kier molecular flexibility index (Phi) is 4.53. The molecule has 1 saturated heterocycles. The Balaban J connectivity index is 1.45. The molecule has 26 heavy (non-hydrogen) atoms. The van der Waals surface area contributed by atoms with Crippen LogP contribution in [0.25, 0.3) is 11.5 Å². The molecule has 0 spiro atoms. The van der Waals surface area contributed by atoms with Crippen LogP contribution in [0, 0.1) is 6.92 Å². The molecular formula is C19H20N4O3. The number of carbonyl (C=O) groups excluding carboxylic acids is 1. The lowest BCUT2D eigenvalue weighted by Gasteiger charge is -2.10. The lowest BCUT2D eigenvalue weighted by molar-refractivity contribution is -0.124. The third kappa shape index (κ3) is 3.52. The van der Waals surface area contributed by atoms with Crippen LogP contribution in [0.15, 0.2) is 47.1 Å². The van der Waals surface area contributed by atoms with Gasteiger partial charge in [-0.1, -0.05) is 0 Å². The molecule has 1 amide bonds. The van der Waals surface area contributed by atoms with Crippen molar-refractivity contribution in [3.05, 3.63) is 54.2 Å². The first-order chi connectivity index (χ1) is 12.7. The van der Waals surface area contributed by atoms with Crippen molar-refractivity contribution in [2.45, 2.75) is 32.4 Å². The fourth-order valence-electron chi connectivity index (χ4n) is 2.95. The predicted molar refractivity (Wildman–Crippen MR) is 95.6 cm³/mol. The van der Waals surface area contributed by atoms with Gasteiger partial charge in [0.1, 0.15) is 17.6 Å². The predicted octanol–water partition coefficient (Wildman–Crippen LogP) is 3.01. The first kappa shape index (κ1) is 16.5. The normalized spacial score (nSPS) is 16.7. The summed E-state index contributed by atoms with van der Waals surface area (Å²) >= 11 is 0. The molecule has 0 bridgehead atoms. The highest BCUT2D eigenvalue weighted by Crippen LogP contribution is 2.24. The monoisotopic (exact) mass is 352 g/mol. The Hall–Kier alpha value is -2.93. The van der Waals surface area contributed by atoms with Crippen LogP contribution in [0.1, 0.15) is 24.3 Å². The summed E-state index contributed by atoms with van der Waals surface area (Å²) in [5.74, 6) is 1.23. The SMILES string of the molecule is Cc1oc(-c2ccc(NC(=O)C3CCCO3)cc2)nc1Cn1cccn1. The third-order valence-corrected chi connectivity index (χ3v) is 4.39. The molecule has 3 aromatic rings. The smallest absolute Gasteiger partial charge is 0.253 e. The second-order valence-corrected chi connectivity index (χ2v) is 6.29. The van der Waals surface area contributed by atoms with Gasteiger partial charge in [-0.15, -0.1) is 0 Å². The molecule has 3 heterocycles. The molecule has 134 valence electrons. The average molecular weight is 352 g/mol. The number of benzene rings is 1. The van der Waals surface area contributed by atoms with Gasteiger partial charge in [0.05, 0.1) is 6.54 Å². The van der Waals surface area contributed by atoms with E-state index < -0.39 is 0 Å². The highest BCUT2D eigenvalue weighted by molar-refractivity contribution is 5.94.